The van der Waals surface area contributed by atoms with Crippen molar-refractivity contribution in [2.45, 2.75) is 58.0 Å². The number of rotatable bonds is 6. The average Bonchev–Trinajstić information content (AvgIpc) is 2.46. The van der Waals surface area contributed by atoms with Crippen molar-refractivity contribution in [1.82, 2.24) is 5.32 Å². The van der Waals surface area contributed by atoms with E-state index in [9.17, 15) is 4.79 Å². The van der Waals surface area contributed by atoms with Gasteiger partial charge in [-0.3, -0.25) is 4.79 Å². The molecule has 1 amide bonds. The summed E-state index contributed by atoms with van der Waals surface area (Å²) >= 11 is 0. The van der Waals surface area contributed by atoms with Crippen molar-refractivity contribution < 1.29 is 9.53 Å². The molecule has 1 aromatic rings. The van der Waals surface area contributed by atoms with E-state index in [-0.39, 0.29) is 24.6 Å². The number of aryl methyl sites for hydroxylation is 1. The van der Waals surface area contributed by atoms with Gasteiger partial charge in [-0.15, -0.1) is 0 Å². The standard InChI is InChI=1S/C17H26N2O2/c1-3-5-12(2)19-17(20)11-21-14-9-8-13-6-4-7-16(18)15(13)10-14/h8-10,12,16H,3-7,11,18H2,1-2H3,(H,19,20)/t12?,16-/m1/s1. The number of carbonyl (C=O) groups excluding carboxylic acids is 1. The van der Waals surface area contributed by atoms with E-state index >= 15 is 0 Å². The number of hydrogen-bond acceptors (Lipinski definition) is 3. The van der Waals surface area contributed by atoms with Gasteiger partial charge in [0.25, 0.3) is 5.91 Å². The Morgan fingerprint density at radius 2 is 2.33 bits per heavy atom. The number of fused-ring (bicyclic) bond motifs is 1. The summed E-state index contributed by atoms with van der Waals surface area (Å²) in [6.45, 7) is 4.18. The van der Waals surface area contributed by atoms with Crippen LogP contribution in [0.5, 0.6) is 5.75 Å². The summed E-state index contributed by atoms with van der Waals surface area (Å²) in [7, 11) is 0. The van der Waals surface area contributed by atoms with Gasteiger partial charge in [0, 0.05) is 12.1 Å². The highest BCUT2D eigenvalue weighted by molar-refractivity contribution is 5.77. The summed E-state index contributed by atoms with van der Waals surface area (Å²) in [5.74, 6) is 0.655. The second-order valence-electron chi connectivity index (χ2n) is 5.91. The minimum Gasteiger partial charge on any atom is -0.484 e. The van der Waals surface area contributed by atoms with Crippen molar-refractivity contribution in [2.24, 2.45) is 5.73 Å². The molecular formula is C17H26N2O2. The van der Waals surface area contributed by atoms with Crippen molar-refractivity contribution >= 4 is 5.91 Å². The zero-order valence-corrected chi connectivity index (χ0v) is 13.0. The molecule has 1 unspecified atom stereocenters. The maximum Gasteiger partial charge on any atom is 0.258 e. The molecule has 0 heterocycles. The summed E-state index contributed by atoms with van der Waals surface area (Å²) < 4.78 is 5.59. The van der Waals surface area contributed by atoms with Gasteiger partial charge in [-0.2, -0.15) is 0 Å². The van der Waals surface area contributed by atoms with Gasteiger partial charge in [0.05, 0.1) is 0 Å². The molecule has 2 atom stereocenters. The molecule has 0 aliphatic heterocycles. The van der Waals surface area contributed by atoms with Gasteiger partial charge >= 0.3 is 0 Å². The van der Waals surface area contributed by atoms with Crippen molar-refractivity contribution in [3.63, 3.8) is 0 Å². The van der Waals surface area contributed by atoms with Gasteiger partial charge in [-0.25, -0.2) is 0 Å². The first-order chi connectivity index (χ1) is 10.1. The van der Waals surface area contributed by atoms with Gasteiger partial charge < -0.3 is 15.8 Å². The van der Waals surface area contributed by atoms with E-state index < -0.39 is 0 Å². The topological polar surface area (TPSA) is 64.3 Å². The van der Waals surface area contributed by atoms with Gasteiger partial charge in [0.15, 0.2) is 6.61 Å². The monoisotopic (exact) mass is 290 g/mol. The minimum atomic E-state index is -0.0713. The van der Waals surface area contributed by atoms with Crippen LogP contribution < -0.4 is 15.8 Å². The molecule has 21 heavy (non-hydrogen) atoms. The lowest BCUT2D eigenvalue weighted by molar-refractivity contribution is -0.123. The zero-order valence-electron chi connectivity index (χ0n) is 13.0. The van der Waals surface area contributed by atoms with E-state index in [2.05, 4.69) is 18.3 Å². The van der Waals surface area contributed by atoms with E-state index in [0.29, 0.717) is 0 Å². The number of amides is 1. The highest BCUT2D eigenvalue weighted by Gasteiger charge is 2.17. The summed E-state index contributed by atoms with van der Waals surface area (Å²) in [5.41, 5.74) is 8.61. The number of hydrogen-bond donors (Lipinski definition) is 2. The molecule has 0 spiro atoms. The second kappa shape index (κ2) is 7.46. The molecule has 0 saturated heterocycles. The maximum atomic E-state index is 11.8. The van der Waals surface area contributed by atoms with Crippen LogP contribution in [-0.4, -0.2) is 18.6 Å². The first-order valence-corrected chi connectivity index (χ1v) is 7.90. The quantitative estimate of drug-likeness (QED) is 0.846. The van der Waals surface area contributed by atoms with E-state index in [1.165, 1.54) is 11.1 Å². The fourth-order valence-electron chi connectivity index (χ4n) is 2.87. The van der Waals surface area contributed by atoms with Crippen LogP contribution in [-0.2, 0) is 11.2 Å². The van der Waals surface area contributed by atoms with Crippen LogP contribution in [0.15, 0.2) is 18.2 Å². The second-order valence-corrected chi connectivity index (χ2v) is 5.91. The molecule has 0 aromatic heterocycles. The lowest BCUT2D eigenvalue weighted by Gasteiger charge is -2.22. The van der Waals surface area contributed by atoms with Gasteiger partial charge in [0.1, 0.15) is 5.75 Å². The van der Waals surface area contributed by atoms with Gasteiger partial charge in [0.2, 0.25) is 0 Å². The van der Waals surface area contributed by atoms with Crippen LogP contribution in [0, 0.1) is 0 Å². The van der Waals surface area contributed by atoms with E-state index in [1.54, 1.807) is 0 Å². The van der Waals surface area contributed by atoms with Crippen LogP contribution in [0.4, 0.5) is 0 Å². The van der Waals surface area contributed by atoms with Crippen LogP contribution in [0.2, 0.25) is 0 Å². The Labute approximate surface area is 127 Å². The van der Waals surface area contributed by atoms with Crippen molar-refractivity contribution in [2.75, 3.05) is 6.61 Å². The lowest BCUT2D eigenvalue weighted by atomic mass is 9.88. The van der Waals surface area contributed by atoms with Crippen molar-refractivity contribution in [1.29, 1.82) is 0 Å². The molecule has 4 heteroatoms. The van der Waals surface area contributed by atoms with Crippen LogP contribution in [0.1, 0.15) is 56.7 Å². The average molecular weight is 290 g/mol. The third-order valence-electron chi connectivity index (χ3n) is 3.98. The fraction of sp³-hybridized carbons (Fsp3) is 0.588. The van der Waals surface area contributed by atoms with E-state index in [0.717, 1.165) is 37.9 Å². The number of nitrogens with two attached hydrogens (primary N) is 1. The summed E-state index contributed by atoms with van der Waals surface area (Å²) in [4.78, 5) is 11.8. The molecule has 0 bridgehead atoms. The number of carbonyl (C=O) groups is 1. The van der Waals surface area contributed by atoms with Gasteiger partial charge in [-0.05, 0) is 55.9 Å². The highest BCUT2D eigenvalue weighted by Crippen LogP contribution is 2.30. The van der Waals surface area contributed by atoms with Gasteiger partial charge in [-0.1, -0.05) is 19.4 Å². The Balaban J connectivity index is 1.89. The van der Waals surface area contributed by atoms with Crippen LogP contribution in [0.3, 0.4) is 0 Å². The molecule has 4 nitrogen and oxygen atoms in total. The Hall–Kier alpha value is -1.55. The summed E-state index contributed by atoms with van der Waals surface area (Å²) in [6.07, 6.45) is 5.29. The Morgan fingerprint density at radius 1 is 1.52 bits per heavy atom. The van der Waals surface area contributed by atoms with Crippen LogP contribution in [0.25, 0.3) is 0 Å². The number of benzene rings is 1. The summed E-state index contributed by atoms with van der Waals surface area (Å²) in [6, 6.07) is 6.28. The first-order valence-electron chi connectivity index (χ1n) is 7.90. The van der Waals surface area contributed by atoms with Crippen molar-refractivity contribution in [3.05, 3.63) is 29.3 Å². The Kier molecular flexibility index (Phi) is 5.62. The number of ether oxygens (including phenoxy) is 1. The molecule has 1 aliphatic rings. The first kappa shape index (κ1) is 15.8. The third kappa shape index (κ3) is 4.46. The molecule has 0 fully saturated rings. The fourth-order valence-corrected chi connectivity index (χ4v) is 2.87. The molecular weight excluding hydrogens is 264 g/mol. The third-order valence-corrected chi connectivity index (χ3v) is 3.98. The number of nitrogens with one attached hydrogen (secondary N) is 1. The molecule has 0 radical (unpaired) electrons. The minimum absolute atomic E-state index is 0.0576. The summed E-state index contributed by atoms with van der Waals surface area (Å²) in [5, 5.41) is 2.93. The Morgan fingerprint density at radius 3 is 3.10 bits per heavy atom. The lowest BCUT2D eigenvalue weighted by Crippen LogP contribution is -2.35. The highest BCUT2D eigenvalue weighted by atomic mass is 16.5. The van der Waals surface area contributed by atoms with Crippen LogP contribution >= 0.6 is 0 Å². The molecule has 116 valence electrons. The predicted octanol–water partition coefficient (Wildman–Crippen LogP) is 2.71. The zero-order chi connectivity index (χ0) is 15.2. The predicted molar refractivity (Wildman–Crippen MR) is 84.3 cm³/mol. The van der Waals surface area contributed by atoms with Crippen molar-refractivity contribution in [3.8, 4) is 5.75 Å². The smallest absolute Gasteiger partial charge is 0.258 e. The molecule has 3 N–H and O–H groups in total. The SMILES string of the molecule is CCCC(C)NC(=O)COc1ccc2c(c1)[C@H](N)CCC2. The maximum absolute atomic E-state index is 11.8. The Bertz CT molecular complexity index is 488. The normalized spacial score (nSPS) is 18.7. The molecule has 1 aliphatic carbocycles. The molecule has 2 rings (SSSR count). The molecule has 1 aromatic carbocycles. The van der Waals surface area contributed by atoms with E-state index in [1.807, 2.05) is 19.1 Å². The van der Waals surface area contributed by atoms with E-state index in [4.69, 9.17) is 10.5 Å². The largest absolute Gasteiger partial charge is 0.484 e. The molecule has 0 saturated carbocycles.